The van der Waals surface area contributed by atoms with Gasteiger partial charge in [-0.3, -0.25) is 9.80 Å². The lowest BCUT2D eigenvalue weighted by atomic mass is 10.2. The van der Waals surface area contributed by atoms with Crippen molar-refractivity contribution in [1.29, 1.82) is 0 Å². The molecule has 0 N–H and O–H groups in total. The van der Waals surface area contributed by atoms with E-state index < -0.39 is 0 Å². The fourth-order valence-electron chi connectivity index (χ4n) is 4.39. The third kappa shape index (κ3) is 5.46. The lowest BCUT2D eigenvalue weighted by Crippen LogP contribution is -2.19. The van der Waals surface area contributed by atoms with Gasteiger partial charge < -0.3 is 18.6 Å². The van der Waals surface area contributed by atoms with Crippen LogP contribution in [-0.2, 0) is 27.2 Å². The SMILES string of the molecule is C#CCN(C)Cc1cc2cc(OCOc3ccc4c(c3)cc(CN(C)CC#C)n4C)ccc2n1C. The standard InChI is InChI=1S/C29H32N4O2/c1-7-13-30(3)19-24-15-22-17-26(9-11-28(22)32(24)5)34-21-35-27-10-12-29-23(18-27)16-25(33(29)6)20-31(4)14-8-2/h1-2,9-12,15-18H,13-14,19-21H2,3-6H3. The normalized spacial score (nSPS) is 11.3. The van der Waals surface area contributed by atoms with Gasteiger partial charge in [0.15, 0.2) is 0 Å². The summed E-state index contributed by atoms with van der Waals surface area (Å²) in [5.74, 6) is 6.91. The molecule has 0 saturated carbocycles. The zero-order valence-corrected chi connectivity index (χ0v) is 20.9. The second-order valence-corrected chi connectivity index (χ2v) is 8.99. The van der Waals surface area contributed by atoms with Crippen molar-refractivity contribution < 1.29 is 9.47 Å². The maximum atomic E-state index is 5.91. The third-order valence-corrected chi connectivity index (χ3v) is 6.26. The van der Waals surface area contributed by atoms with E-state index in [0.29, 0.717) is 13.1 Å². The molecule has 0 radical (unpaired) electrons. The number of nitrogens with zero attached hydrogens (tertiary/aromatic N) is 4. The van der Waals surface area contributed by atoms with Gasteiger partial charge >= 0.3 is 0 Å². The first kappa shape index (κ1) is 24.3. The molecule has 0 unspecified atom stereocenters. The number of aromatic nitrogens is 2. The number of fused-ring (bicyclic) bond motifs is 2. The molecule has 0 atom stereocenters. The van der Waals surface area contributed by atoms with Crippen LogP contribution in [0, 0.1) is 24.7 Å². The summed E-state index contributed by atoms with van der Waals surface area (Å²) >= 11 is 0. The van der Waals surface area contributed by atoms with Crippen LogP contribution in [-0.4, -0.2) is 52.9 Å². The minimum atomic E-state index is 0.131. The van der Waals surface area contributed by atoms with Gasteiger partial charge in [0.1, 0.15) is 11.5 Å². The monoisotopic (exact) mass is 468 g/mol. The average Bonchev–Trinajstić information content (AvgIpc) is 3.29. The molecule has 6 nitrogen and oxygen atoms in total. The average molecular weight is 469 g/mol. The summed E-state index contributed by atoms with van der Waals surface area (Å²) in [6, 6.07) is 16.5. The fourth-order valence-corrected chi connectivity index (χ4v) is 4.39. The Bertz CT molecular complexity index is 1310. The van der Waals surface area contributed by atoms with Crippen LogP contribution in [0.2, 0.25) is 0 Å². The second kappa shape index (κ2) is 10.6. The van der Waals surface area contributed by atoms with Gasteiger partial charge in [0.25, 0.3) is 0 Å². The molecule has 35 heavy (non-hydrogen) atoms. The number of benzene rings is 2. The minimum absolute atomic E-state index is 0.131. The van der Waals surface area contributed by atoms with Crippen molar-refractivity contribution in [2.45, 2.75) is 13.1 Å². The molecule has 0 aliphatic carbocycles. The number of hydrogen-bond donors (Lipinski definition) is 0. The zero-order chi connectivity index (χ0) is 24.9. The van der Waals surface area contributed by atoms with E-state index in [-0.39, 0.29) is 6.79 Å². The molecule has 0 fully saturated rings. The van der Waals surface area contributed by atoms with E-state index in [1.165, 1.54) is 11.4 Å². The fraction of sp³-hybridized carbons (Fsp3) is 0.310. The van der Waals surface area contributed by atoms with Gasteiger partial charge in [-0.1, -0.05) is 11.8 Å². The Hall–Kier alpha value is -3.84. The first-order chi connectivity index (χ1) is 16.9. The Morgan fingerprint density at radius 1 is 0.714 bits per heavy atom. The highest BCUT2D eigenvalue weighted by Gasteiger charge is 2.11. The Labute approximate surface area is 207 Å². The second-order valence-electron chi connectivity index (χ2n) is 8.99. The summed E-state index contributed by atoms with van der Waals surface area (Å²) in [5.41, 5.74) is 4.71. The molecule has 0 bridgehead atoms. The topological polar surface area (TPSA) is 34.8 Å². The number of hydrogen-bond acceptors (Lipinski definition) is 4. The van der Waals surface area contributed by atoms with Crippen LogP contribution in [0.1, 0.15) is 11.4 Å². The summed E-state index contributed by atoms with van der Waals surface area (Å²) in [6.07, 6.45) is 10.9. The number of terminal acetylenes is 2. The van der Waals surface area contributed by atoms with E-state index >= 15 is 0 Å². The first-order valence-corrected chi connectivity index (χ1v) is 11.6. The van der Waals surface area contributed by atoms with Gasteiger partial charge in [0.2, 0.25) is 6.79 Å². The van der Waals surface area contributed by atoms with E-state index in [4.69, 9.17) is 22.3 Å². The van der Waals surface area contributed by atoms with Crippen LogP contribution in [0.5, 0.6) is 11.5 Å². The Morgan fingerprint density at radius 3 is 1.54 bits per heavy atom. The summed E-state index contributed by atoms with van der Waals surface area (Å²) in [5, 5.41) is 2.25. The molecule has 0 spiro atoms. The van der Waals surface area contributed by atoms with Gasteiger partial charge in [0, 0.05) is 60.4 Å². The summed E-state index contributed by atoms with van der Waals surface area (Å²) in [6.45, 7) is 2.95. The van der Waals surface area contributed by atoms with Crippen LogP contribution in [0.3, 0.4) is 0 Å². The van der Waals surface area contributed by atoms with E-state index in [1.54, 1.807) is 0 Å². The molecule has 2 aromatic heterocycles. The van der Waals surface area contributed by atoms with Crippen molar-refractivity contribution >= 4 is 21.8 Å². The molecule has 6 heteroatoms. The minimum Gasteiger partial charge on any atom is -0.457 e. The Morgan fingerprint density at radius 2 is 1.14 bits per heavy atom. The Kier molecular flexibility index (Phi) is 7.36. The summed E-state index contributed by atoms with van der Waals surface area (Å²) in [4.78, 5) is 4.23. The molecule has 2 heterocycles. The molecule has 0 saturated heterocycles. The lowest BCUT2D eigenvalue weighted by molar-refractivity contribution is 0.120. The van der Waals surface area contributed by atoms with Crippen LogP contribution < -0.4 is 9.47 Å². The molecular formula is C29H32N4O2. The highest BCUT2D eigenvalue weighted by Crippen LogP contribution is 2.26. The lowest BCUT2D eigenvalue weighted by Gasteiger charge is -2.13. The van der Waals surface area contributed by atoms with E-state index in [0.717, 1.165) is 46.4 Å². The van der Waals surface area contributed by atoms with Gasteiger partial charge in [-0.2, -0.15) is 0 Å². The molecule has 4 aromatic rings. The van der Waals surface area contributed by atoms with Gasteiger partial charge in [-0.15, -0.1) is 12.8 Å². The number of aryl methyl sites for hydroxylation is 2. The maximum absolute atomic E-state index is 5.91. The van der Waals surface area contributed by atoms with Crippen LogP contribution in [0.4, 0.5) is 0 Å². The number of rotatable bonds is 10. The molecule has 2 aromatic carbocycles. The number of ether oxygens (including phenoxy) is 2. The van der Waals surface area contributed by atoms with E-state index in [1.807, 2.05) is 38.4 Å². The predicted octanol–water partition coefficient (Wildman–Crippen LogP) is 4.22. The molecule has 0 amide bonds. The van der Waals surface area contributed by atoms with Crippen molar-refractivity contribution in [3.05, 3.63) is 59.9 Å². The van der Waals surface area contributed by atoms with Gasteiger partial charge in [-0.25, -0.2) is 0 Å². The van der Waals surface area contributed by atoms with Crippen molar-refractivity contribution in [1.82, 2.24) is 18.9 Å². The van der Waals surface area contributed by atoms with E-state index in [2.05, 4.69) is 69.1 Å². The zero-order valence-electron chi connectivity index (χ0n) is 20.9. The maximum Gasteiger partial charge on any atom is 0.230 e. The summed E-state index contributed by atoms with van der Waals surface area (Å²) < 4.78 is 16.2. The van der Waals surface area contributed by atoms with Crippen LogP contribution in [0.25, 0.3) is 21.8 Å². The predicted molar refractivity (Wildman–Crippen MR) is 142 cm³/mol. The third-order valence-electron chi connectivity index (χ3n) is 6.26. The smallest absolute Gasteiger partial charge is 0.230 e. The first-order valence-electron chi connectivity index (χ1n) is 11.6. The van der Waals surface area contributed by atoms with Crippen molar-refractivity contribution in [2.75, 3.05) is 34.0 Å². The quantitative estimate of drug-likeness (QED) is 0.258. The largest absolute Gasteiger partial charge is 0.457 e. The van der Waals surface area contributed by atoms with Gasteiger partial charge in [-0.05, 0) is 62.6 Å². The molecule has 0 aliphatic rings. The molecule has 180 valence electrons. The Balaban J connectivity index is 1.41. The molecular weight excluding hydrogens is 436 g/mol. The molecule has 4 rings (SSSR count). The van der Waals surface area contributed by atoms with Gasteiger partial charge in [0.05, 0.1) is 13.1 Å². The highest BCUT2D eigenvalue weighted by atomic mass is 16.7. The van der Waals surface area contributed by atoms with E-state index in [9.17, 15) is 0 Å². The van der Waals surface area contributed by atoms with Crippen molar-refractivity contribution in [3.63, 3.8) is 0 Å². The highest BCUT2D eigenvalue weighted by molar-refractivity contribution is 5.83. The van der Waals surface area contributed by atoms with Crippen LogP contribution in [0.15, 0.2) is 48.5 Å². The van der Waals surface area contributed by atoms with Crippen molar-refractivity contribution in [2.24, 2.45) is 14.1 Å². The van der Waals surface area contributed by atoms with Crippen molar-refractivity contribution in [3.8, 4) is 36.2 Å². The summed E-state index contributed by atoms with van der Waals surface area (Å²) in [7, 11) is 8.19. The van der Waals surface area contributed by atoms with Crippen LogP contribution >= 0.6 is 0 Å². The molecule has 0 aliphatic heterocycles.